The summed E-state index contributed by atoms with van der Waals surface area (Å²) in [4.78, 5) is 25.0. The van der Waals surface area contributed by atoms with E-state index in [1.165, 1.54) is 12.4 Å². The highest BCUT2D eigenvalue weighted by Crippen LogP contribution is 2.30. The van der Waals surface area contributed by atoms with Gasteiger partial charge in [-0.15, -0.1) is 0 Å². The number of aliphatic hydroxyl groups excluding tert-OH is 1. The molecule has 1 aliphatic rings. The Kier molecular flexibility index (Phi) is 7.57. The number of furan rings is 1. The zero-order valence-corrected chi connectivity index (χ0v) is 19.3. The number of benzene rings is 1. The molecule has 1 fully saturated rings. The van der Waals surface area contributed by atoms with E-state index < -0.39 is 5.97 Å². The fourth-order valence-electron chi connectivity index (χ4n) is 4.48. The van der Waals surface area contributed by atoms with Gasteiger partial charge in [0.25, 0.3) is 0 Å². The lowest BCUT2D eigenvalue weighted by atomic mass is 9.95. The summed E-state index contributed by atoms with van der Waals surface area (Å²) in [6, 6.07) is 9.83. The molecule has 1 atom stereocenters. The van der Waals surface area contributed by atoms with Crippen LogP contribution in [0.2, 0.25) is 0 Å². The Morgan fingerprint density at radius 1 is 1.24 bits per heavy atom. The van der Waals surface area contributed by atoms with Crippen molar-refractivity contribution in [3.05, 3.63) is 54.0 Å². The molecule has 0 saturated carbocycles. The normalized spacial score (nSPS) is 15.8. The first-order valence-corrected chi connectivity index (χ1v) is 11.7. The van der Waals surface area contributed by atoms with Crippen molar-refractivity contribution >= 4 is 22.9 Å². The molecule has 1 aromatic carbocycles. The fourth-order valence-corrected chi connectivity index (χ4v) is 4.48. The lowest BCUT2D eigenvalue weighted by Gasteiger charge is -2.36. The van der Waals surface area contributed by atoms with E-state index in [1.807, 2.05) is 30.3 Å². The third kappa shape index (κ3) is 5.34. The second-order valence-corrected chi connectivity index (χ2v) is 8.40. The van der Waals surface area contributed by atoms with Crippen molar-refractivity contribution in [3.63, 3.8) is 0 Å². The van der Waals surface area contributed by atoms with E-state index in [2.05, 4.69) is 26.7 Å². The van der Waals surface area contributed by atoms with Gasteiger partial charge in [-0.3, -0.25) is 4.90 Å². The molecule has 1 N–H and O–H groups in total. The number of hydrogen-bond acceptors (Lipinski definition) is 8. The first-order valence-electron chi connectivity index (χ1n) is 11.7. The van der Waals surface area contributed by atoms with E-state index in [0.717, 1.165) is 55.8 Å². The van der Waals surface area contributed by atoms with Crippen LogP contribution in [0.5, 0.6) is 0 Å². The summed E-state index contributed by atoms with van der Waals surface area (Å²) < 4.78 is 11.0. The van der Waals surface area contributed by atoms with Gasteiger partial charge in [-0.25, -0.2) is 14.8 Å². The first-order chi connectivity index (χ1) is 16.1. The zero-order chi connectivity index (χ0) is 23.2. The van der Waals surface area contributed by atoms with E-state index in [0.29, 0.717) is 24.0 Å². The van der Waals surface area contributed by atoms with Crippen molar-refractivity contribution < 1.29 is 19.1 Å². The second kappa shape index (κ2) is 10.8. The standard InChI is InChI=1S/C25H32N4O4/c1-3-28(21(17-30)23-13-19-7-5-6-8-22(19)33-23)16-18-9-11-29(12-10-18)25-26-14-20(15-27-25)24(31)32-4-2/h5-8,13-15,18,21,30H,3-4,9-12,16-17H2,1-2H3. The van der Waals surface area contributed by atoms with Gasteiger partial charge in [0.15, 0.2) is 0 Å². The molecule has 8 heteroatoms. The van der Waals surface area contributed by atoms with Gasteiger partial charge in [0.1, 0.15) is 11.3 Å². The molecule has 3 aromatic rings. The van der Waals surface area contributed by atoms with E-state index >= 15 is 0 Å². The largest absolute Gasteiger partial charge is 0.462 e. The molecular formula is C25H32N4O4. The summed E-state index contributed by atoms with van der Waals surface area (Å²) in [5, 5.41) is 11.2. The SMILES string of the molecule is CCOC(=O)c1cnc(N2CCC(CN(CC)C(CO)c3cc4ccccc4o3)CC2)nc1. The van der Waals surface area contributed by atoms with Crippen LogP contribution in [0.25, 0.3) is 11.0 Å². The van der Waals surface area contributed by atoms with Crippen LogP contribution in [0.15, 0.2) is 47.1 Å². The predicted molar refractivity (Wildman–Crippen MR) is 126 cm³/mol. The smallest absolute Gasteiger partial charge is 0.341 e. The number of rotatable bonds is 9. The van der Waals surface area contributed by atoms with E-state index in [-0.39, 0.29) is 12.6 Å². The number of ether oxygens (including phenoxy) is 1. The molecule has 0 bridgehead atoms. The second-order valence-electron chi connectivity index (χ2n) is 8.40. The summed E-state index contributed by atoms with van der Waals surface area (Å²) in [5.74, 6) is 1.57. The number of anilines is 1. The van der Waals surface area contributed by atoms with Crippen LogP contribution >= 0.6 is 0 Å². The molecule has 0 radical (unpaired) electrons. The molecule has 4 rings (SSSR count). The Bertz CT molecular complexity index is 1010. The van der Waals surface area contributed by atoms with Crippen LogP contribution in [-0.2, 0) is 4.74 Å². The molecule has 1 unspecified atom stereocenters. The Labute approximate surface area is 194 Å². The van der Waals surface area contributed by atoms with Crippen molar-refractivity contribution in [2.75, 3.05) is 44.3 Å². The van der Waals surface area contributed by atoms with Crippen LogP contribution in [0, 0.1) is 5.92 Å². The highest BCUT2D eigenvalue weighted by molar-refractivity contribution is 5.88. The Hall–Kier alpha value is -2.97. The molecule has 0 spiro atoms. The molecule has 176 valence electrons. The topological polar surface area (TPSA) is 91.9 Å². The third-order valence-electron chi connectivity index (χ3n) is 6.33. The van der Waals surface area contributed by atoms with Gasteiger partial charge in [0, 0.05) is 37.4 Å². The average Bonchev–Trinajstić information content (AvgIpc) is 3.28. The number of esters is 1. The maximum atomic E-state index is 11.8. The fraction of sp³-hybridized carbons (Fsp3) is 0.480. The molecule has 0 aliphatic carbocycles. The van der Waals surface area contributed by atoms with Crippen molar-refractivity contribution in [2.45, 2.75) is 32.7 Å². The minimum Gasteiger partial charge on any atom is -0.462 e. The number of aromatic nitrogens is 2. The number of fused-ring (bicyclic) bond motifs is 1. The Morgan fingerprint density at radius 2 is 1.97 bits per heavy atom. The Balaban J connectivity index is 1.35. The lowest BCUT2D eigenvalue weighted by molar-refractivity contribution is 0.0525. The molecule has 8 nitrogen and oxygen atoms in total. The van der Waals surface area contributed by atoms with Crippen LogP contribution in [-0.4, -0.2) is 65.3 Å². The van der Waals surface area contributed by atoms with Crippen LogP contribution in [0.1, 0.15) is 48.8 Å². The molecular weight excluding hydrogens is 420 g/mol. The minimum atomic E-state index is -0.398. The van der Waals surface area contributed by atoms with E-state index in [9.17, 15) is 9.90 Å². The van der Waals surface area contributed by atoms with Gasteiger partial charge in [0.05, 0.1) is 24.8 Å². The molecule has 0 amide bonds. The number of aliphatic hydroxyl groups is 1. The maximum absolute atomic E-state index is 11.8. The molecule has 2 aromatic heterocycles. The quantitative estimate of drug-likeness (QED) is 0.492. The summed E-state index contributed by atoms with van der Waals surface area (Å²) in [7, 11) is 0. The number of para-hydroxylation sites is 1. The van der Waals surface area contributed by atoms with Crippen molar-refractivity contribution in [1.29, 1.82) is 0 Å². The average molecular weight is 453 g/mol. The summed E-state index contributed by atoms with van der Waals surface area (Å²) in [6.07, 6.45) is 5.09. The zero-order valence-electron chi connectivity index (χ0n) is 19.3. The van der Waals surface area contributed by atoms with Crippen LogP contribution in [0.4, 0.5) is 5.95 Å². The first kappa shape index (κ1) is 23.2. The van der Waals surface area contributed by atoms with Gasteiger partial charge in [-0.2, -0.15) is 0 Å². The number of likely N-dealkylation sites (N-methyl/N-ethyl adjacent to an activating group) is 1. The minimum absolute atomic E-state index is 0.0210. The van der Waals surface area contributed by atoms with Gasteiger partial charge in [-0.1, -0.05) is 25.1 Å². The van der Waals surface area contributed by atoms with Crippen LogP contribution in [0.3, 0.4) is 0 Å². The van der Waals surface area contributed by atoms with Crippen molar-refractivity contribution in [3.8, 4) is 0 Å². The number of piperidine rings is 1. The molecule has 33 heavy (non-hydrogen) atoms. The van der Waals surface area contributed by atoms with E-state index in [4.69, 9.17) is 9.15 Å². The van der Waals surface area contributed by atoms with Crippen molar-refractivity contribution in [2.24, 2.45) is 5.92 Å². The van der Waals surface area contributed by atoms with Gasteiger partial charge in [0.2, 0.25) is 5.95 Å². The number of nitrogens with zero attached hydrogens (tertiary/aromatic N) is 4. The van der Waals surface area contributed by atoms with Gasteiger partial charge >= 0.3 is 5.97 Å². The highest BCUT2D eigenvalue weighted by atomic mass is 16.5. The van der Waals surface area contributed by atoms with Gasteiger partial charge in [-0.05, 0) is 44.4 Å². The molecule has 1 saturated heterocycles. The number of carbonyl (C=O) groups is 1. The van der Waals surface area contributed by atoms with Gasteiger partial charge < -0.3 is 19.2 Å². The Morgan fingerprint density at radius 3 is 2.61 bits per heavy atom. The lowest BCUT2D eigenvalue weighted by Crippen LogP contribution is -2.41. The summed E-state index contributed by atoms with van der Waals surface area (Å²) in [5.41, 5.74) is 1.22. The summed E-state index contributed by atoms with van der Waals surface area (Å²) >= 11 is 0. The predicted octanol–water partition coefficient (Wildman–Crippen LogP) is 3.67. The third-order valence-corrected chi connectivity index (χ3v) is 6.33. The maximum Gasteiger partial charge on any atom is 0.341 e. The van der Waals surface area contributed by atoms with Crippen molar-refractivity contribution in [1.82, 2.24) is 14.9 Å². The van der Waals surface area contributed by atoms with E-state index in [1.54, 1.807) is 6.92 Å². The number of hydrogen-bond donors (Lipinski definition) is 1. The monoisotopic (exact) mass is 452 g/mol. The highest BCUT2D eigenvalue weighted by Gasteiger charge is 2.28. The molecule has 1 aliphatic heterocycles. The summed E-state index contributed by atoms with van der Waals surface area (Å²) in [6.45, 7) is 7.69. The molecule has 3 heterocycles. The number of carbonyl (C=O) groups excluding carboxylic acids is 1. The van der Waals surface area contributed by atoms with Crippen LogP contribution < -0.4 is 4.90 Å².